The summed E-state index contributed by atoms with van der Waals surface area (Å²) in [5.74, 6) is 14.5. The van der Waals surface area contributed by atoms with Gasteiger partial charge >= 0.3 is 0 Å². The zero-order valence-corrected chi connectivity index (χ0v) is 20.2. The van der Waals surface area contributed by atoms with Gasteiger partial charge in [-0.2, -0.15) is 0 Å². The fourth-order valence-electron chi connectivity index (χ4n) is 3.21. The largest absolute Gasteiger partial charge is 0.377 e. The van der Waals surface area contributed by atoms with E-state index in [0.717, 1.165) is 0 Å². The van der Waals surface area contributed by atoms with Gasteiger partial charge in [-0.3, -0.25) is 20.2 Å². The maximum Gasteiger partial charge on any atom is 0.272 e. The molecule has 3 rings (SSSR count). The summed E-state index contributed by atoms with van der Waals surface area (Å²) in [6.07, 6.45) is 5.61. The summed E-state index contributed by atoms with van der Waals surface area (Å²) >= 11 is 0. The van der Waals surface area contributed by atoms with Crippen LogP contribution in [0.3, 0.4) is 0 Å². The van der Waals surface area contributed by atoms with E-state index in [0.29, 0.717) is 39.2 Å². The molecule has 0 aliphatic carbocycles. The van der Waals surface area contributed by atoms with Crippen LogP contribution in [0.15, 0.2) is 54.6 Å². The molecule has 36 heavy (non-hydrogen) atoms. The normalized spacial score (nSPS) is 9.64. The Morgan fingerprint density at radius 1 is 0.583 bits per heavy atom. The molecule has 0 aromatic heterocycles. The summed E-state index contributed by atoms with van der Waals surface area (Å²) in [6.45, 7) is 0. The average molecular weight is 479 g/mol. The number of nitro benzene ring substituents is 2. The Hall–Kier alpha value is -5.26. The van der Waals surface area contributed by atoms with E-state index in [4.69, 9.17) is 6.42 Å². The van der Waals surface area contributed by atoms with Crippen molar-refractivity contribution in [3.63, 3.8) is 0 Å². The van der Waals surface area contributed by atoms with Gasteiger partial charge in [-0.1, -0.05) is 29.6 Å². The van der Waals surface area contributed by atoms with Crippen molar-refractivity contribution in [1.29, 1.82) is 0 Å². The van der Waals surface area contributed by atoms with Crippen LogP contribution in [0.1, 0.15) is 27.8 Å². The van der Waals surface area contributed by atoms with E-state index in [9.17, 15) is 20.2 Å². The highest BCUT2D eigenvalue weighted by molar-refractivity contribution is 5.62. The Morgan fingerprint density at radius 3 is 1.22 bits per heavy atom. The Kier molecular flexibility index (Phi) is 7.59. The van der Waals surface area contributed by atoms with Crippen molar-refractivity contribution >= 4 is 22.7 Å². The van der Waals surface area contributed by atoms with E-state index < -0.39 is 9.85 Å². The van der Waals surface area contributed by atoms with Crippen LogP contribution in [0.4, 0.5) is 22.7 Å². The third kappa shape index (κ3) is 6.41. The van der Waals surface area contributed by atoms with Gasteiger partial charge in [0.15, 0.2) is 0 Å². The minimum atomic E-state index is -0.458. The molecule has 0 unspecified atom stereocenters. The number of benzene rings is 3. The van der Waals surface area contributed by atoms with E-state index >= 15 is 0 Å². The molecule has 0 saturated carbocycles. The quantitative estimate of drug-likeness (QED) is 0.313. The summed E-state index contributed by atoms with van der Waals surface area (Å²) in [4.78, 5) is 25.2. The molecule has 0 aliphatic heterocycles. The van der Waals surface area contributed by atoms with Gasteiger partial charge < -0.3 is 9.80 Å². The molecule has 8 nitrogen and oxygen atoms in total. The first-order valence-corrected chi connectivity index (χ1v) is 10.6. The van der Waals surface area contributed by atoms with Gasteiger partial charge in [-0.05, 0) is 30.3 Å². The van der Waals surface area contributed by atoms with Gasteiger partial charge in [0.1, 0.15) is 0 Å². The average Bonchev–Trinajstić information content (AvgIpc) is 2.85. The minimum absolute atomic E-state index is 0.0523. The second kappa shape index (κ2) is 10.8. The van der Waals surface area contributed by atoms with Crippen LogP contribution in [0.2, 0.25) is 0 Å². The van der Waals surface area contributed by atoms with Crippen molar-refractivity contribution in [2.45, 2.75) is 0 Å². The van der Waals surface area contributed by atoms with Crippen LogP contribution < -0.4 is 9.80 Å². The fraction of sp³-hybridized carbons (Fsp3) is 0.143. The molecule has 0 heterocycles. The van der Waals surface area contributed by atoms with Crippen molar-refractivity contribution in [3.8, 4) is 36.0 Å². The predicted octanol–water partition coefficient (Wildman–Crippen LogP) is 4.42. The molecule has 0 atom stereocenters. The summed E-state index contributed by atoms with van der Waals surface area (Å²) in [6, 6.07) is 14.5. The third-order valence-corrected chi connectivity index (χ3v) is 5.06. The lowest BCUT2D eigenvalue weighted by Crippen LogP contribution is -2.09. The lowest BCUT2D eigenvalue weighted by atomic mass is 10.0. The van der Waals surface area contributed by atoms with Crippen molar-refractivity contribution in [1.82, 2.24) is 0 Å². The molecule has 0 radical (unpaired) electrons. The number of nitrogens with zero attached hydrogens (tertiary/aromatic N) is 4. The van der Waals surface area contributed by atoms with E-state index in [2.05, 4.69) is 29.6 Å². The lowest BCUT2D eigenvalue weighted by Gasteiger charge is -2.12. The molecule has 178 valence electrons. The van der Waals surface area contributed by atoms with E-state index in [-0.39, 0.29) is 11.4 Å². The number of non-ortho nitro benzene ring substituents is 2. The summed E-state index contributed by atoms with van der Waals surface area (Å²) in [7, 11) is 7.17. The molecule has 0 aliphatic rings. The SMILES string of the molecule is C#Cc1cc(C#Cc2cc(N(C)C)cc([N+](=O)[O-])c2)cc(C#Cc2cc(N(C)C)cc([N+](=O)[O-])c2)c1. The highest BCUT2D eigenvalue weighted by atomic mass is 16.6. The van der Waals surface area contributed by atoms with Crippen molar-refractivity contribution < 1.29 is 9.85 Å². The summed E-state index contributed by atoms with van der Waals surface area (Å²) in [5.41, 5.74) is 3.91. The molecule has 0 amide bonds. The summed E-state index contributed by atoms with van der Waals surface area (Å²) < 4.78 is 0. The van der Waals surface area contributed by atoms with Crippen LogP contribution in [0.25, 0.3) is 0 Å². The summed E-state index contributed by atoms with van der Waals surface area (Å²) in [5, 5.41) is 22.6. The van der Waals surface area contributed by atoms with Crippen LogP contribution in [0, 0.1) is 56.3 Å². The minimum Gasteiger partial charge on any atom is -0.377 e. The maximum atomic E-state index is 11.3. The van der Waals surface area contributed by atoms with E-state index in [1.54, 1.807) is 68.3 Å². The smallest absolute Gasteiger partial charge is 0.272 e. The molecule has 0 N–H and O–H groups in total. The lowest BCUT2D eigenvalue weighted by molar-refractivity contribution is -0.385. The first-order valence-electron chi connectivity index (χ1n) is 10.6. The van der Waals surface area contributed by atoms with Gasteiger partial charge in [-0.15, -0.1) is 6.42 Å². The van der Waals surface area contributed by atoms with Crippen LogP contribution >= 0.6 is 0 Å². The van der Waals surface area contributed by atoms with Crippen LogP contribution in [-0.2, 0) is 0 Å². The number of hydrogen-bond acceptors (Lipinski definition) is 6. The second-order valence-corrected chi connectivity index (χ2v) is 8.22. The number of nitro groups is 2. The fourth-order valence-corrected chi connectivity index (χ4v) is 3.21. The van der Waals surface area contributed by atoms with Crippen molar-refractivity contribution in [2.75, 3.05) is 38.0 Å². The highest BCUT2D eigenvalue weighted by Crippen LogP contribution is 2.23. The molecule has 8 heteroatoms. The zero-order chi connectivity index (χ0) is 26.4. The topological polar surface area (TPSA) is 92.8 Å². The Labute approximate surface area is 209 Å². The number of anilines is 2. The first kappa shape index (κ1) is 25.4. The van der Waals surface area contributed by atoms with Gasteiger partial charge in [0.2, 0.25) is 0 Å². The Bertz CT molecular complexity index is 1420. The molecule has 0 spiro atoms. The zero-order valence-electron chi connectivity index (χ0n) is 20.2. The first-order chi connectivity index (χ1) is 17.0. The van der Waals surface area contributed by atoms with Crippen LogP contribution in [-0.4, -0.2) is 38.0 Å². The van der Waals surface area contributed by atoms with E-state index in [1.807, 2.05) is 0 Å². The third-order valence-electron chi connectivity index (χ3n) is 5.06. The molecular weight excluding hydrogens is 456 g/mol. The number of rotatable bonds is 4. The maximum absolute atomic E-state index is 11.3. The molecule has 3 aromatic carbocycles. The monoisotopic (exact) mass is 478 g/mol. The molecule has 3 aromatic rings. The predicted molar refractivity (Wildman–Crippen MR) is 141 cm³/mol. The standard InChI is InChI=1S/C28H22N4O4/c1-6-20-11-21(7-9-23-14-25(29(2)3)18-27(16-23)31(33)34)13-22(12-20)8-10-24-15-26(30(4)5)19-28(17-24)32(35)36/h1,11-19H,2-5H3. The molecule has 0 saturated heterocycles. The number of terminal acetylenes is 1. The molecular formula is C28H22N4O4. The van der Waals surface area contributed by atoms with Crippen LogP contribution in [0.5, 0.6) is 0 Å². The highest BCUT2D eigenvalue weighted by Gasteiger charge is 2.11. The van der Waals surface area contributed by atoms with Crippen molar-refractivity contribution in [3.05, 3.63) is 103 Å². The van der Waals surface area contributed by atoms with Gasteiger partial charge in [0, 0.05) is 91.6 Å². The van der Waals surface area contributed by atoms with Gasteiger partial charge in [-0.25, -0.2) is 0 Å². The molecule has 0 bridgehead atoms. The van der Waals surface area contributed by atoms with E-state index in [1.165, 1.54) is 24.3 Å². The van der Waals surface area contributed by atoms with Crippen molar-refractivity contribution in [2.24, 2.45) is 0 Å². The Balaban J connectivity index is 2.02. The van der Waals surface area contributed by atoms with Gasteiger partial charge in [0.05, 0.1) is 9.85 Å². The second-order valence-electron chi connectivity index (χ2n) is 8.22. The molecule has 0 fully saturated rings. The Morgan fingerprint density at radius 2 is 0.917 bits per heavy atom. The van der Waals surface area contributed by atoms with Gasteiger partial charge in [0.25, 0.3) is 11.4 Å². The number of hydrogen-bond donors (Lipinski definition) is 0.